The number of carbonyl (C=O) groups excluding carboxylic acids is 3. The molecule has 0 saturated carbocycles. The predicted molar refractivity (Wildman–Crippen MR) is 75.6 cm³/mol. The van der Waals surface area contributed by atoms with Gasteiger partial charge in [-0.2, -0.15) is 0 Å². The SMILES string of the molecule is C=C(CC(NC(=O)OC(C)(C)C)C(=O)OCC)C(=O)OC. The van der Waals surface area contributed by atoms with Crippen molar-refractivity contribution in [3.8, 4) is 0 Å². The third-order valence-electron chi connectivity index (χ3n) is 2.19. The van der Waals surface area contributed by atoms with Crippen molar-refractivity contribution in [2.24, 2.45) is 0 Å². The summed E-state index contributed by atoms with van der Waals surface area (Å²) in [7, 11) is 1.20. The first kappa shape index (κ1) is 18.9. The highest BCUT2D eigenvalue weighted by Gasteiger charge is 2.27. The van der Waals surface area contributed by atoms with Gasteiger partial charge >= 0.3 is 18.0 Å². The van der Waals surface area contributed by atoms with Crippen molar-refractivity contribution in [1.29, 1.82) is 0 Å². The smallest absolute Gasteiger partial charge is 0.408 e. The molecule has 0 aromatic heterocycles. The minimum Gasteiger partial charge on any atom is -0.466 e. The predicted octanol–water partition coefficient (Wildman–Crippen LogP) is 1.56. The van der Waals surface area contributed by atoms with Crippen molar-refractivity contribution in [1.82, 2.24) is 5.32 Å². The Balaban J connectivity index is 4.83. The minimum absolute atomic E-state index is 0.0478. The van der Waals surface area contributed by atoms with Gasteiger partial charge in [-0.15, -0.1) is 0 Å². The molecule has 0 heterocycles. The van der Waals surface area contributed by atoms with Crippen LogP contribution < -0.4 is 5.32 Å². The lowest BCUT2D eigenvalue weighted by Gasteiger charge is -2.23. The lowest BCUT2D eigenvalue weighted by molar-refractivity contribution is -0.145. The molecule has 0 saturated heterocycles. The van der Waals surface area contributed by atoms with Crippen LogP contribution in [-0.2, 0) is 23.8 Å². The van der Waals surface area contributed by atoms with Gasteiger partial charge in [0.15, 0.2) is 0 Å². The summed E-state index contributed by atoms with van der Waals surface area (Å²) in [4.78, 5) is 34.8. The third kappa shape index (κ3) is 7.96. The van der Waals surface area contributed by atoms with E-state index in [1.54, 1.807) is 27.7 Å². The summed E-state index contributed by atoms with van der Waals surface area (Å²) in [5.74, 6) is -1.33. The first-order chi connectivity index (χ1) is 9.60. The molecular weight excluding hydrogens is 278 g/mol. The fraction of sp³-hybridized carbons (Fsp3) is 0.643. The molecule has 0 aromatic rings. The number of esters is 2. The minimum atomic E-state index is -1.06. The maximum absolute atomic E-state index is 11.8. The molecule has 0 bridgehead atoms. The van der Waals surface area contributed by atoms with Crippen molar-refractivity contribution in [2.45, 2.75) is 45.8 Å². The topological polar surface area (TPSA) is 90.9 Å². The third-order valence-corrected chi connectivity index (χ3v) is 2.19. The number of carbonyl (C=O) groups is 3. The second kappa shape index (κ2) is 8.28. The van der Waals surface area contributed by atoms with Crippen LogP contribution in [0.5, 0.6) is 0 Å². The molecule has 0 aromatic carbocycles. The van der Waals surface area contributed by atoms with Gasteiger partial charge in [0.2, 0.25) is 0 Å². The molecule has 0 rings (SSSR count). The number of hydrogen-bond acceptors (Lipinski definition) is 6. The number of methoxy groups -OCH3 is 1. The van der Waals surface area contributed by atoms with E-state index in [9.17, 15) is 14.4 Å². The quantitative estimate of drug-likeness (QED) is 0.455. The summed E-state index contributed by atoms with van der Waals surface area (Å²) >= 11 is 0. The molecule has 7 heteroatoms. The Hall–Kier alpha value is -2.05. The van der Waals surface area contributed by atoms with E-state index in [2.05, 4.69) is 16.6 Å². The molecule has 7 nitrogen and oxygen atoms in total. The average Bonchev–Trinajstić information content (AvgIpc) is 2.34. The van der Waals surface area contributed by atoms with E-state index in [1.807, 2.05) is 0 Å². The van der Waals surface area contributed by atoms with Crippen LogP contribution >= 0.6 is 0 Å². The Bertz CT molecular complexity index is 410. The Kier molecular flexibility index (Phi) is 7.48. The highest BCUT2D eigenvalue weighted by atomic mass is 16.6. The fourth-order valence-electron chi connectivity index (χ4n) is 1.36. The molecule has 0 radical (unpaired) electrons. The summed E-state index contributed by atoms with van der Waals surface area (Å²) in [6.45, 7) is 10.4. The standard InChI is InChI=1S/C14H23NO6/c1-7-20-12(17)10(8-9(2)11(16)19-6)15-13(18)21-14(3,4)5/h10H,2,7-8H2,1,3-6H3,(H,15,18). The lowest BCUT2D eigenvalue weighted by Crippen LogP contribution is -2.44. The van der Waals surface area contributed by atoms with E-state index in [0.29, 0.717) is 0 Å². The largest absolute Gasteiger partial charge is 0.466 e. The number of alkyl carbamates (subject to hydrolysis) is 1. The van der Waals surface area contributed by atoms with Crippen molar-refractivity contribution < 1.29 is 28.6 Å². The van der Waals surface area contributed by atoms with Crippen LogP contribution in [0.3, 0.4) is 0 Å². The van der Waals surface area contributed by atoms with Crippen LogP contribution in [0, 0.1) is 0 Å². The van der Waals surface area contributed by atoms with E-state index < -0.39 is 29.7 Å². The highest BCUT2D eigenvalue weighted by molar-refractivity contribution is 5.90. The Morgan fingerprint density at radius 3 is 2.24 bits per heavy atom. The number of ether oxygens (including phenoxy) is 3. The van der Waals surface area contributed by atoms with Crippen LogP contribution in [0.15, 0.2) is 12.2 Å². The van der Waals surface area contributed by atoms with Crippen molar-refractivity contribution in [2.75, 3.05) is 13.7 Å². The molecule has 1 N–H and O–H groups in total. The molecule has 120 valence electrons. The molecular formula is C14H23NO6. The molecule has 0 spiro atoms. The van der Waals surface area contributed by atoms with Crippen molar-refractivity contribution in [3.63, 3.8) is 0 Å². The van der Waals surface area contributed by atoms with E-state index in [4.69, 9.17) is 9.47 Å². The lowest BCUT2D eigenvalue weighted by atomic mass is 10.1. The summed E-state index contributed by atoms with van der Waals surface area (Å²) in [6.07, 6.45) is -0.900. The van der Waals surface area contributed by atoms with Crippen LogP contribution in [0.4, 0.5) is 4.79 Å². The Morgan fingerprint density at radius 2 is 1.81 bits per heavy atom. The molecule has 1 atom stereocenters. The Morgan fingerprint density at radius 1 is 1.24 bits per heavy atom. The van der Waals surface area contributed by atoms with E-state index in [0.717, 1.165) is 0 Å². The zero-order valence-electron chi connectivity index (χ0n) is 13.1. The molecule has 21 heavy (non-hydrogen) atoms. The molecule has 0 aliphatic heterocycles. The van der Waals surface area contributed by atoms with Gasteiger partial charge in [-0.05, 0) is 27.7 Å². The second-order valence-electron chi connectivity index (χ2n) is 5.25. The maximum Gasteiger partial charge on any atom is 0.408 e. The zero-order valence-corrected chi connectivity index (χ0v) is 13.1. The average molecular weight is 301 g/mol. The number of nitrogens with one attached hydrogen (secondary N) is 1. The first-order valence-corrected chi connectivity index (χ1v) is 6.53. The monoisotopic (exact) mass is 301 g/mol. The first-order valence-electron chi connectivity index (χ1n) is 6.53. The second-order valence-corrected chi connectivity index (χ2v) is 5.25. The number of amides is 1. The maximum atomic E-state index is 11.8. The van der Waals surface area contributed by atoms with E-state index in [-0.39, 0.29) is 18.6 Å². The van der Waals surface area contributed by atoms with Gasteiger partial charge in [0, 0.05) is 12.0 Å². The van der Waals surface area contributed by atoms with Gasteiger partial charge in [0.1, 0.15) is 11.6 Å². The highest BCUT2D eigenvalue weighted by Crippen LogP contribution is 2.10. The van der Waals surface area contributed by atoms with Gasteiger partial charge in [-0.1, -0.05) is 6.58 Å². The van der Waals surface area contributed by atoms with Gasteiger partial charge in [-0.3, -0.25) is 0 Å². The summed E-state index contributed by atoms with van der Waals surface area (Å²) < 4.78 is 14.4. The summed E-state index contributed by atoms with van der Waals surface area (Å²) in [5.41, 5.74) is -0.658. The summed E-state index contributed by atoms with van der Waals surface area (Å²) in [6, 6.07) is -1.06. The van der Waals surface area contributed by atoms with Crippen LogP contribution in [0.25, 0.3) is 0 Å². The van der Waals surface area contributed by atoms with Crippen LogP contribution in [-0.4, -0.2) is 43.4 Å². The van der Waals surface area contributed by atoms with Gasteiger partial charge in [0.05, 0.1) is 13.7 Å². The number of rotatable bonds is 6. The van der Waals surface area contributed by atoms with Gasteiger partial charge in [0.25, 0.3) is 0 Å². The van der Waals surface area contributed by atoms with Crippen LogP contribution in [0.2, 0.25) is 0 Å². The normalized spacial score (nSPS) is 12.0. The molecule has 0 aliphatic rings. The number of hydrogen-bond donors (Lipinski definition) is 1. The molecule has 1 amide bonds. The van der Waals surface area contributed by atoms with E-state index >= 15 is 0 Å². The van der Waals surface area contributed by atoms with Crippen LogP contribution in [0.1, 0.15) is 34.1 Å². The molecule has 1 unspecified atom stereocenters. The molecule has 0 aliphatic carbocycles. The van der Waals surface area contributed by atoms with Crippen molar-refractivity contribution in [3.05, 3.63) is 12.2 Å². The van der Waals surface area contributed by atoms with Gasteiger partial charge < -0.3 is 19.5 Å². The molecule has 0 fully saturated rings. The van der Waals surface area contributed by atoms with Gasteiger partial charge in [-0.25, -0.2) is 14.4 Å². The zero-order chi connectivity index (χ0) is 16.6. The van der Waals surface area contributed by atoms with E-state index in [1.165, 1.54) is 7.11 Å². The summed E-state index contributed by atoms with van der Waals surface area (Å²) in [5, 5.41) is 2.36. The fourth-order valence-corrected chi connectivity index (χ4v) is 1.36. The Labute approximate surface area is 124 Å². The van der Waals surface area contributed by atoms with Crippen molar-refractivity contribution >= 4 is 18.0 Å².